The van der Waals surface area contributed by atoms with Crippen molar-refractivity contribution < 1.29 is 49.9 Å². The molecule has 0 radical (unpaired) electrons. The standard InChI is InChI=1S/C34H80O11Si7/c1-35-33-31(44-51(17,18)19)29(42-49(11,12)13)27(25(38-33)23-36-46(2,3)4)40-34-32(45-52(20,21)22)30(43-50(14,15)16)28(41-48(8,9)10)26(39-34)24-37-47(5,6)7/h25-34H,23-24H2,1-22H3/t25-,26-,27-,28-,29+,30+,31-,32-,33-,34-/m1/s1. The number of hydrogen-bond donors (Lipinski definition) is 0. The van der Waals surface area contributed by atoms with Gasteiger partial charge in [0.25, 0.3) is 0 Å². The number of ether oxygens (including phenoxy) is 4. The lowest BCUT2D eigenvalue weighted by atomic mass is 9.97. The van der Waals surface area contributed by atoms with Crippen molar-refractivity contribution in [1.82, 2.24) is 0 Å². The third kappa shape index (κ3) is 18.1. The Morgan fingerprint density at radius 3 is 0.981 bits per heavy atom. The van der Waals surface area contributed by atoms with Crippen LogP contribution in [0.1, 0.15) is 0 Å². The molecule has 18 heteroatoms. The molecule has 2 rings (SSSR count). The zero-order valence-electron chi connectivity index (χ0n) is 37.2. The van der Waals surface area contributed by atoms with E-state index >= 15 is 0 Å². The summed E-state index contributed by atoms with van der Waals surface area (Å²) < 4.78 is 75.6. The van der Waals surface area contributed by atoms with Gasteiger partial charge in [0.05, 0.1) is 13.2 Å². The van der Waals surface area contributed by atoms with E-state index in [1.807, 2.05) is 0 Å². The molecule has 0 amide bonds. The average molecular weight is 862 g/mol. The highest BCUT2D eigenvalue weighted by Crippen LogP contribution is 2.39. The molecule has 2 heterocycles. The molecule has 10 atom stereocenters. The van der Waals surface area contributed by atoms with Gasteiger partial charge in [0.15, 0.2) is 70.8 Å². The van der Waals surface area contributed by atoms with Gasteiger partial charge in [0, 0.05) is 7.11 Å². The second-order valence-corrected chi connectivity index (χ2v) is 52.6. The quantitative estimate of drug-likeness (QED) is 0.117. The first kappa shape index (κ1) is 49.2. The Morgan fingerprint density at radius 2 is 0.635 bits per heavy atom. The molecule has 2 fully saturated rings. The lowest BCUT2D eigenvalue weighted by molar-refractivity contribution is -0.349. The molecular formula is C34H80O11Si7. The molecule has 11 nitrogen and oxygen atoms in total. The molecule has 2 saturated heterocycles. The van der Waals surface area contributed by atoms with E-state index in [4.69, 9.17) is 49.9 Å². The molecule has 0 spiro atoms. The van der Waals surface area contributed by atoms with Crippen LogP contribution in [0.5, 0.6) is 0 Å². The molecule has 0 saturated carbocycles. The van der Waals surface area contributed by atoms with Crippen LogP contribution in [-0.4, -0.2) is 140 Å². The largest absolute Gasteiger partial charge is 0.415 e. The maximum atomic E-state index is 7.36. The van der Waals surface area contributed by atoms with Gasteiger partial charge in [-0.3, -0.25) is 0 Å². The van der Waals surface area contributed by atoms with Crippen molar-refractivity contribution in [1.29, 1.82) is 0 Å². The van der Waals surface area contributed by atoms with E-state index in [1.54, 1.807) is 7.11 Å². The van der Waals surface area contributed by atoms with E-state index in [0.29, 0.717) is 13.2 Å². The van der Waals surface area contributed by atoms with Crippen LogP contribution in [0, 0.1) is 0 Å². The Morgan fingerprint density at radius 1 is 0.346 bits per heavy atom. The maximum Gasteiger partial charge on any atom is 0.186 e. The second kappa shape index (κ2) is 18.3. The van der Waals surface area contributed by atoms with E-state index < -0.39 is 120 Å². The number of rotatable bonds is 19. The Bertz CT molecular complexity index is 1090. The Labute approximate surface area is 326 Å². The first-order valence-electron chi connectivity index (χ1n) is 19.2. The van der Waals surface area contributed by atoms with Crippen molar-refractivity contribution in [2.45, 2.75) is 199 Å². The van der Waals surface area contributed by atoms with E-state index in [1.165, 1.54) is 0 Å². The fourth-order valence-electron chi connectivity index (χ4n) is 6.01. The lowest BCUT2D eigenvalue weighted by Gasteiger charge is -2.53. The number of hydrogen-bond acceptors (Lipinski definition) is 11. The van der Waals surface area contributed by atoms with Crippen molar-refractivity contribution in [3.8, 4) is 0 Å². The molecule has 0 aromatic heterocycles. The van der Waals surface area contributed by atoms with Gasteiger partial charge in [-0.25, -0.2) is 0 Å². The summed E-state index contributed by atoms with van der Waals surface area (Å²) in [6, 6.07) is 0. The first-order chi connectivity index (χ1) is 23.1. The van der Waals surface area contributed by atoms with Crippen LogP contribution >= 0.6 is 0 Å². The van der Waals surface area contributed by atoms with Gasteiger partial charge in [0.1, 0.15) is 48.8 Å². The Kier molecular flexibility index (Phi) is 17.4. The highest BCUT2D eigenvalue weighted by atomic mass is 28.4. The van der Waals surface area contributed by atoms with Crippen LogP contribution < -0.4 is 0 Å². The van der Waals surface area contributed by atoms with Gasteiger partial charge in [-0.2, -0.15) is 0 Å². The molecule has 52 heavy (non-hydrogen) atoms. The van der Waals surface area contributed by atoms with Crippen molar-refractivity contribution in [3.05, 3.63) is 0 Å². The fourth-order valence-corrected chi connectivity index (χ4v) is 12.7. The van der Waals surface area contributed by atoms with Gasteiger partial charge in [-0.1, -0.05) is 0 Å². The van der Waals surface area contributed by atoms with Crippen molar-refractivity contribution in [2.75, 3.05) is 20.3 Å². The van der Waals surface area contributed by atoms with Crippen LogP contribution in [0.4, 0.5) is 0 Å². The van der Waals surface area contributed by atoms with E-state index in [9.17, 15) is 0 Å². The minimum absolute atomic E-state index is 0.316. The summed E-state index contributed by atoms with van der Waals surface area (Å²) in [5.74, 6) is 0. The average Bonchev–Trinajstić information content (AvgIpc) is 2.87. The summed E-state index contributed by atoms with van der Waals surface area (Å²) >= 11 is 0. The lowest BCUT2D eigenvalue weighted by Crippen LogP contribution is -2.69. The van der Waals surface area contributed by atoms with Crippen LogP contribution in [-0.2, 0) is 49.9 Å². The van der Waals surface area contributed by atoms with Crippen LogP contribution in [0.15, 0.2) is 0 Å². The third-order valence-electron chi connectivity index (χ3n) is 7.52. The van der Waals surface area contributed by atoms with E-state index in [2.05, 4.69) is 137 Å². The van der Waals surface area contributed by atoms with Gasteiger partial charge in [-0.05, 0) is 137 Å². The highest BCUT2D eigenvalue weighted by Gasteiger charge is 2.57. The van der Waals surface area contributed by atoms with Gasteiger partial charge in [-0.15, -0.1) is 0 Å². The van der Waals surface area contributed by atoms with Crippen LogP contribution in [0.25, 0.3) is 0 Å². The molecular weight excluding hydrogens is 781 g/mol. The summed E-state index contributed by atoms with van der Waals surface area (Å²) in [5, 5.41) is 0. The van der Waals surface area contributed by atoms with Crippen molar-refractivity contribution >= 4 is 58.2 Å². The molecule has 0 aliphatic carbocycles. The predicted molar refractivity (Wildman–Crippen MR) is 229 cm³/mol. The molecule has 310 valence electrons. The maximum absolute atomic E-state index is 7.36. The summed E-state index contributed by atoms with van der Waals surface area (Å²) in [7, 11) is -13.0. The Balaban J connectivity index is 2.86. The Hall–Kier alpha value is 1.08. The number of methoxy groups -OCH3 is 1. The van der Waals surface area contributed by atoms with Crippen LogP contribution in [0.3, 0.4) is 0 Å². The van der Waals surface area contributed by atoms with Crippen LogP contribution in [0.2, 0.25) is 137 Å². The first-order valence-corrected chi connectivity index (χ1v) is 43.1. The summed E-state index contributed by atoms with van der Waals surface area (Å²) in [5.41, 5.74) is 0. The third-order valence-corrected chi connectivity index (χ3v) is 14.5. The second-order valence-electron chi connectivity index (χ2n) is 21.2. The molecule has 0 aromatic rings. The van der Waals surface area contributed by atoms with Gasteiger partial charge >= 0.3 is 0 Å². The topological polar surface area (TPSA) is 102 Å². The summed E-state index contributed by atoms with van der Waals surface area (Å²) in [6.45, 7) is 46.7. The van der Waals surface area contributed by atoms with Gasteiger partial charge < -0.3 is 49.9 Å². The van der Waals surface area contributed by atoms with Crippen molar-refractivity contribution in [3.63, 3.8) is 0 Å². The van der Waals surface area contributed by atoms with Gasteiger partial charge in [0.2, 0.25) is 0 Å². The molecule has 0 aromatic carbocycles. The predicted octanol–water partition coefficient (Wildman–Crippen LogP) is 8.27. The molecule has 2 aliphatic heterocycles. The molecule has 0 unspecified atom stereocenters. The highest BCUT2D eigenvalue weighted by molar-refractivity contribution is 6.72. The monoisotopic (exact) mass is 860 g/mol. The van der Waals surface area contributed by atoms with E-state index in [-0.39, 0.29) is 0 Å². The fraction of sp³-hybridized carbons (Fsp3) is 1.00. The van der Waals surface area contributed by atoms with Crippen molar-refractivity contribution in [2.24, 2.45) is 0 Å². The smallest absolute Gasteiger partial charge is 0.186 e. The summed E-state index contributed by atoms with van der Waals surface area (Å²) in [4.78, 5) is 0. The normalized spacial score (nSPS) is 32.0. The summed E-state index contributed by atoms with van der Waals surface area (Å²) in [6.07, 6.45) is -5.60. The molecule has 2 aliphatic rings. The molecule has 0 N–H and O–H groups in total. The minimum atomic E-state index is -2.21. The van der Waals surface area contributed by atoms with E-state index in [0.717, 1.165) is 0 Å². The zero-order chi connectivity index (χ0) is 40.5. The zero-order valence-corrected chi connectivity index (χ0v) is 44.2. The SMILES string of the molecule is CO[C@@H]1O[C@H](CO[Si](C)(C)C)[C@@H](O[C@H]2O[C@H](CO[Si](C)(C)C)[C@@H](O[Si](C)(C)C)[C@H](O[Si](C)(C)C)[C@H]2O[Si](C)(C)C)[C@H](O[Si](C)(C)C)[C@H]1O[Si](C)(C)C. The minimum Gasteiger partial charge on any atom is -0.415 e. The molecule has 0 bridgehead atoms.